The van der Waals surface area contributed by atoms with Gasteiger partial charge in [0.25, 0.3) is 0 Å². The van der Waals surface area contributed by atoms with Crippen molar-refractivity contribution in [2.75, 3.05) is 0 Å². The van der Waals surface area contributed by atoms with Gasteiger partial charge in [-0.25, -0.2) is 0 Å². The first kappa shape index (κ1) is 12.5. The molecule has 0 radical (unpaired) electrons. The number of imidazole rings is 1. The zero-order valence-electron chi connectivity index (χ0n) is 9.49. The van der Waals surface area contributed by atoms with Crippen LogP contribution in [0.2, 0.25) is 0 Å². The van der Waals surface area contributed by atoms with Crippen molar-refractivity contribution < 1.29 is 5.11 Å². The van der Waals surface area contributed by atoms with E-state index in [0.717, 1.165) is 12.1 Å². The van der Waals surface area contributed by atoms with Gasteiger partial charge in [0.15, 0.2) is 4.77 Å². The van der Waals surface area contributed by atoms with Crippen molar-refractivity contribution in [1.82, 2.24) is 9.55 Å². The van der Waals surface area contributed by atoms with Crippen LogP contribution >= 0.6 is 12.2 Å². The highest BCUT2D eigenvalue weighted by atomic mass is 32.1. The fraction of sp³-hybridized carbons (Fsp3) is 0.727. The molecule has 86 valence electrons. The molecule has 1 unspecified atom stereocenters. The highest BCUT2D eigenvalue weighted by molar-refractivity contribution is 7.71. The van der Waals surface area contributed by atoms with Crippen molar-refractivity contribution in [3.63, 3.8) is 0 Å². The third-order valence-corrected chi connectivity index (χ3v) is 3.03. The van der Waals surface area contributed by atoms with Gasteiger partial charge >= 0.3 is 0 Å². The van der Waals surface area contributed by atoms with Crippen LogP contribution in [0.1, 0.15) is 51.3 Å². The van der Waals surface area contributed by atoms with Gasteiger partial charge in [-0.3, -0.25) is 0 Å². The number of aromatic nitrogens is 2. The molecule has 3 nitrogen and oxygen atoms in total. The van der Waals surface area contributed by atoms with E-state index in [2.05, 4.69) is 18.8 Å². The summed E-state index contributed by atoms with van der Waals surface area (Å²) in [5, 5.41) is 9.17. The van der Waals surface area contributed by atoms with Crippen molar-refractivity contribution in [1.29, 1.82) is 0 Å². The Morgan fingerprint density at radius 1 is 1.53 bits per heavy atom. The van der Waals surface area contributed by atoms with Gasteiger partial charge in [-0.1, -0.05) is 26.2 Å². The van der Waals surface area contributed by atoms with Crippen LogP contribution in [0, 0.1) is 4.77 Å². The van der Waals surface area contributed by atoms with Gasteiger partial charge in [0, 0.05) is 12.2 Å². The van der Waals surface area contributed by atoms with E-state index >= 15 is 0 Å². The van der Waals surface area contributed by atoms with E-state index in [1.165, 1.54) is 19.3 Å². The largest absolute Gasteiger partial charge is 0.390 e. The normalized spacial score (nSPS) is 13.0. The maximum absolute atomic E-state index is 9.17. The van der Waals surface area contributed by atoms with E-state index in [-0.39, 0.29) is 6.61 Å². The van der Waals surface area contributed by atoms with E-state index in [4.69, 9.17) is 17.3 Å². The zero-order chi connectivity index (χ0) is 11.3. The predicted octanol–water partition coefficient (Wildman–Crippen LogP) is 3.18. The van der Waals surface area contributed by atoms with E-state index in [9.17, 15) is 0 Å². The van der Waals surface area contributed by atoms with E-state index in [0.29, 0.717) is 10.8 Å². The second kappa shape index (κ2) is 6.08. The summed E-state index contributed by atoms with van der Waals surface area (Å²) in [6.45, 7) is 4.40. The van der Waals surface area contributed by atoms with Crippen LogP contribution in [0.15, 0.2) is 6.20 Å². The topological polar surface area (TPSA) is 41.0 Å². The third kappa shape index (κ3) is 3.18. The Kier molecular flexibility index (Phi) is 5.05. The molecule has 0 saturated carbocycles. The first-order valence-corrected chi connectivity index (χ1v) is 6.01. The van der Waals surface area contributed by atoms with Crippen LogP contribution < -0.4 is 0 Å². The summed E-state index contributed by atoms with van der Waals surface area (Å²) in [5.74, 6) is 0. The third-order valence-electron chi connectivity index (χ3n) is 2.72. The molecule has 0 aliphatic heterocycles. The SMILES string of the molecule is CCCCCC(C)n1c(CO)c[nH]c1=S. The summed E-state index contributed by atoms with van der Waals surface area (Å²) in [7, 11) is 0. The molecule has 0 spiro atoms. The maximum atomic E-state index is 9.17. The Morgan fingerprint density at radius 3 is 2.87 bits per heavy atom. The molecule has 0 saturated heterocycles. The molecule has 1 aromatic heterocycles. The fourth-order valence-corrected chi connectivity index (χ4v) is 2.19. The minimum atomic E-state index is 0.0469. The van der Waals surface area contributed by atoms with E-state index < -0.39 is 0 Å². The lowest BCUT2D eigenvalue weighted by Crippen LogP contribution is -2.09. The van der Waals surface area contributed by atoms with Gasteiger partial charge in [-0.05, 0) is 25.6 Å². The second-order valence-electron chi connectivity index (χ2n) is 3.96. The van der Waals surface area contributed by atoms with Gasteiger partial charge in [-0.2, -0.15) is 0 Å². The molecule has 0 amide bonds. The number of aromatic amines is 1. The lowest BCUT2D eigenvalue weighted by atomic mass is 10.1. The van der Waals surface area contributed by atoms with Crippen molar-refractivity contribution in [2.45, 2.75) is 52.2 Å². The van der Waals surface area contributed by atoms with Gasteiger partial charge in [0.1, 0.15) is 0 Å². The zero-order valence-corrected chi connectivity index (χ0v) is 10.3. The Labute approximate surface area is 96.1 Å². The van der Waals surface area contributed by atoms with Crippen molar-refractivity contribution in [3.05, 3.63) is 16.7 Å². The highest BCUT2D eigenvalue weighted by Crippen LogP contribution is 2.18. The van der Waals surface area contributed by atoms with Crippen LogP contribution in [-0.2, 0) is 6.61 Å². The molecule has 1 heterocycles. The number of rotatable bonds is 6. The maximum Gasteiger partial charge on any atom is 0.177 e. The quantitative estimate of drug-likeness (QED) is 0.580. The molecule has 0 bridgehead atoms. The fourth-order valence-electron chi connectivity index (χ4n) is 1.84. The standard InChI is InChI=1S/C11H20N2OS/c1-3-4-5-6-9(2)13-10(8-14)7-12-11(13)15/h7,9,14H,3-6,8H2,1-2H3,(H,12,15). The van der Waals surface area contributed by atoms with Gasteiger partial charge in [-0.15, -0.1) is 0 Å². The number of nitrogens with one attached hydrogen (secondary N) is 1. The molecular formula is C11H20N2OS. The van der Waals surface area contributed by atoms with Crippen LogP contribution in [-0.4, -0.2) is 14.7 Å². The van der Waals surface area contributed by atoms with Crippen molar-refractivity contribution >= 4 is 12.2 Å². The summed E-state index contributed by atoms with van der Waals surface area (Å²) in [4.78, 5) is 2.98. The number of hydrogen-bond acceptors (Lipinski definition) is 2. The van der Waals surface area contributed by atoms with E-state index in [1.54, 1.807) is 6.20 Å². The van der Waals surface area contributed by atoms with Crippen molar-refractivity contribution in [2.24, 2.45) is 0 Å². The number of hydrogen-bond donors (Lipinski definition) is 2. The molecule has 0 aliphatic rings. The molecule has 4 heteroatoms. The highest BCUT2D eigenvalue weighted by Gasteiger charge is 2.09. The molecule has 0 aliphatic carbocycles. The molecular weight excluding hydrogens is 208 g/mol. The predicted molar refractivity (Wildman–Crippen MR) is 64.4 cm³/mol. The molecule has 15 heavy (non-hydrogen) atoms. The lowest BCUT2D eigenvalue weighted by molar-refractivity contribution is 0.265. The summed E-state index contributed by atoms with van der Waals surface area (Å²) in [6, 6.07) is 0.373. The van der Waals surface area contributed by atoms with Crippen LogP contribution in [0.3, 0.4) is 0 Å². The molecule has 1 rings (SSSR count). The van der Waals surface area contributed by atoms with Gasteiger partial charge in [0.2, 0.25) is 0 Å². The number of aliphatic hydroxyl groups is 1. The number of unbranched alkanes of at least 4 members (excludes halogenated alkanes) is 2. The number of H-pyrrole nitrogens is 1. The molecule has 0 aromatic carbocycles. The Bertz CT molecular complexity index is 343. The molecule has 0 fully saturated rings. The monoisotopic (exact) mass is 228 g/mol. The molecule has 1 atom stereocenters. The average molecular weight is 228 g/mol. The summed E-state index contributed by atoms with van der Waals surface area (Å²) in [6.07, 6.45) is 6.62. The minimum Gasteiger partial charge on any atom is -0.390 e. The van der Waals surface area contributed by atoms with Crippen LogP contribution in [0.25, 0.3) is 0 Å². The minimum absolute atomic E-state index is 0.0469. The summed E-state index contributed by atoms with van der Waals surface area (Å²) >= 11 is 5.19. The first-order valence-electron chi connectivity index (χ1n) is 5.60. The van der Waals surface area contributed by atoms with Gasteiger partial charge < -0.3 is 14.7 Å². The average Bonchev–Trinajstić information content (AvgIpc) is 2.59. The van der Waals surface area contributed by atoms with Crippen LogP contribution in [0.4, 0.5) is 0 Å². The van der Waals surface area contributed by atoms with Crippen molar-refractivity contribution in [3.8, 4) is 0 Å². The first-order chi connectivity index (χ1) is 7.20. The second-order valence-corrected chi connectivity index (χ2v) is 4.34. The van der Waals surface area contributed by atoms with Crippen LogP contribution in [0.5, 0.6) is 0 Å². The number of aliphatic hydroxyl groups excluding tert-OH is 1. The Hall–Kier alpha value is -0.610. The summed E-state index contributed by atoms with van der Waals surface area (Å²) < 4.78 is 2.73. The molecule has 1 aromatic rings. The summed E-state index contributed by atoms with van der Waals surface area (Å²) in [5.41, 5.74) is 0.879. The number of nitrogens with zero attached hydrogens (tertiary/aromatic N) is 1. The Balaban J connectivity index is 2.67. The smallest absolute Gasteiger partial charge is 0.177 e. The van der Waals surface area contributed by atoms with E-state index in [1.807, 2.05) is 4.57 Å². The lowest BCUT2D eigenvalue weighted by Gasteiger charge is -2.15. The molecule has 2 N–H and O–H groups in total. The van der Waals surface area contributed by atoms with Gasteiger partial charge in [0.05, 0.1) is 12.3 Å². The Morgan fingerprint density at radius 2 is 2.27 bits per heavy atom.